The molecule has 0 radical (unpaired) electrons. The zero-order valence-electron chi connectivity index (χ0n) is 43.7. The maximum absolute atomic E-state index is 12.4. The van der Waals surface area contributed by atoms with E-state index in [-0.39, 0.29) is 18.5 Å². The van der Waals surface area contributed by atoms with Gasteiger partial charge < -0.3 is 20.3 Å². The first kappa shape index (κ1) is 63.3. The molecule has 0 aromatic carbocycles. The van der Waals surface area contributed by atoms with Gasteiger partial charge in [-0.2, -0.15) is 0 Å². The Morgan fingerprint density at radius 1 is 0.415 bits per heavy atom. The molecule has 3 N–H and O–H groups in total. The van der Waals surface area contributed by atoms with Gasteiger partial charge in [0.1, 0.15) is 0 Å². The molecule has 0 aliphatic rings. The number of allylic oxidation sites excluding steroid dienone is 4. The van der Waals surface area contributed by atoms with E-state index < -0.39 is 12.1 Å². The van der Waals surface area contributed by atoms with Crippen LogP contribution in [-0.4, -0.2) is 47.4 Å². The van der Waals surface area contributed by atoms with Crippen molar-refractivity contribution in [2.45, 2.75) is 328 Å². The summed E-state index contributed by atoms with van der Waals surface area (Å²) in [5.41, 5.74) is 0. The van der Waals surface area contributed by atoms with Crippen molar-refractivity contribution in [3.05, 3.63) is 24.3 Å². The van der Waals surface area contributed by atoms with Gasteiger partial charge in [-0.25, -0.2) is 0 Å². The van der Waals surface area contributed by atoms with Gasteiger partial charge in [-0.3, -0.25) is 9.59 Å². The fourth-order valence-electron chi connectivity index (χ4n) is 8.98. The standard InChI is InChI=1S/C59H113NO5/c1-3-5-7-9-11-13-15-17-18-19-20-23-26-29-33-37-41-45-49-53-59(64)65-54-50-46-42-38-34-30-27-24-21-22-25-28-32-36-40-44-48-52-58(63)60-56(55-61)57(62)51-47-43-39-35-31-16-14-12-10-8-6-4-2/h17-18,21,24,56-57,61-62H,3-16,19-20,22-23,25-55H2,1-2H3,(H,60,63)/b18-17-,24-21-. The van der Waals surface area contributed by atoms with Gasteiger partial charge >= 0.3 is 5.97 Å². The number of unbranched alkanes of at least 4 members (excludes halogenated alkanes) is 39. The highest BCUT2D eigenvalue weighted by Gasteiger charge is 2.20. The molecule has 65 heavy (non-hydrogen) atoms. The SMILES string of the molecule is CCCCCCCC/C=C\CCCCCCCCCCCC(=O)OCCCCCCCC/C=C\CCCCCCCCCC(=O)NC(CO)C(O)CCCCCCCCCCCCCC. The van der Waals surface area contributed by atoms with Gasteiger partial charge in [0.25, 0.3) is 0 Å². The van der Waals surface area contributed by atoms with E-state index >= 15 is 0 Å². The zero-order chi connectivity index (χ0) is 47.2. The van der Waals surface area contributed by atoms with Crippen LogP contribution in [0.3, 0.4) is 0 Å². The third-order valence-electron chi connectivity index (χ3n) is 13.5. The van der Waals surface area contributed by atoms with E-state index in [0.717, 1.165) is 57.8 Å². The Labute approximate surface area is 405 Å². The molecule has 0 aliphatic heterocycles. The number of esters is 1. The van der Waals surface area contributed by atoms with Gasteiger partial charge in [0.2, 0.25) is 5.91 Å². The van der Waals surface area contributed by atoms with E-state index in [1.165, 1.54) is 225 Å². The minimum atomic E-state index is -0.671. The van der Waals surface area contributed by atoms with E-state index in [0.29, 0.717) is 25.9 Å². The Balaban J connectivity index is 3.42. The molecule has 0 bridgehead atoms. The minimum absolute atomic E-state index is 0.00210. The fourth-order valence-corrected chi connectivity index (χ4v) is 8.98. The van der Waals surface area contributed by atoms with E-state index in [2.05, 4.69) is 43.5 Å². The number of nitrogens with one attached hydrogen (secondary N) is 1. The van der Waals surface area contributed by atoms with Crippen LogP contribution in [0.25, 0.3) is 0 Å². The predicted octanol–water partition coefficient (Wildman–Crippen LogP) is 17.9. The summed E-state index contributed by atoms with van der Waals surface area (Å²) in [5, 5.41) is 23.2. The van der Waals surface area contributed by atoms with Crippen molar-refractivity contribution in [1.29, 1.82) is 0 Å². The molecule has 2 atom stereocenters. The summed E-state index contributed by atoms with van der Waals surface area (Å²) in [4.78, 5) is 24.5. The molecule has 0 aliphatic carbocycles. The Bertz CT molecular complexity index is 1010. The van der Waals surface area contributed by atoms with E-state index in [9.17, 15) is 19.8 Å². The summed E-state index contributed by atoms with van der Waals surface area (Å²) < 4.78 is 5.48. The van der Waals surface area contributed by atoms with Crippen LogP contribution in [0.15, 0.2) is 24.3 Å². The molecular formula is C59H113NO5. The summed E-state index contributed by atoms with van der Waals surface area (Å²) in [6.07, 6.45) is 66.0. The molecule has 0 saturated heterocycles. The number of hydrogen-bond acceptors (Lipinski definition) is 5. The first-order valence-electron chi connectivity index (χ1n) is 29.1. The van der Waals surface area contributed by atoms with E-state index in [4.69, 9.17) is 4.74 Å². The second-order valence-electron chi connectivity index (χ2n) is 20.0. The highest BCUT2D eigenvalue weighted by molar-refractivity contribution is 5.76. The average molecular weight is 917 g/mol. The lowest BCUT2D eigenvalue weighted by molar-refractivity contribution is -0.143. The van der Waals surface area contributed by atoms with Gasteiger partial charge in [-0.1, -0.05) is 250 Å². The third kappa shape index (κ3) is 51.6. The van der Waals surface area contributed by atoms with Crippen LogP contribution in [0, 0.1) is 0 Å². The van der Waals surface area contributed by atoms with Crippen LogP contribution in [0.1, 0.15) is 316 Å². The van der Waals surface area contributed by atoms with Crippen molar-refractivity contribution >= 4 is 11.9 Å². The van der Waals surface area contributed by atoms with Gasteiger partial charge in [0.05, 0.1) is 25.4 Å². The molecule has 0 heterocycles. The molecule has 1 amide bonds. The molecule has 0 saturated carbocycles. The van der Waals surface area contributed by atoms with Crippen molar-refractivity contribution in [3.8, 4) is 0 Å². The maximum atomic E-state index is 12.4. The monoisotopic (exact) mass is 916 g/mol. The molecular weight excluding hydrogens is 803 g/mol. The van der Waals surface area contributed by atoms with Crippen molar-refractivity contribution in [1.82, 2.24) is 5.32 Å². The average Bonchev–Trinajstić information content (AvgIpc) is 3.31. The lowest BCUT2D eigenvalue weighted by Crippen LogP contribution is -2.45. The molecule has 0 fully saturated rings. The summed E-state index contributed by atoms with van der Waals surface area (Å²) in [6, 6.07) is -0.549. The number of hydrogen-bond donors (Lipinski definition) is 3. The lowest BCUT2D eigenvalue weighted by Gasteiger charge is -2.22. The molecule has 6 heteroatoms. The van der Waals surface area contributed by atoms with Crippen LogP contribution in [0.2, 0.25) is 0 Å². The van der Waals surface area contributed by atoms with E-state index in [1.807, 2.05) is 0 Å². The predicted molar refractivity (Wildman–Crippen MR) is 283 cm³/mol. The number of rotatable bonds is 54. The summed E-state index contributed by atoms with van der Waals surface area (Å²) in [5.74, 6) is -0.0492. The quantitative estimate of drug-likeness (QED) is 0.0321. The molecule has 0 spiro atoms. The topological polar surface area (TPSA) is 95.9 Å². The highest BCUT2D eigenvalue weighted by Crippen LogP contribution is 2.17. The Morgan fingerprint density at radius 3 is 1.09 bits per heavy atom. The Hall–Kier alpha value is -1.66. The van der Waals surface area contributed by atoms with Crippen LogP contribution in [0.5, 0.6) is 0 Å². The van der Waals surface area contributed by atoms with Crippen molar-refractivity contribution in [2.75, 3.05) is 13.2 Å². The number of amides is 1. The first-order chi connectivity index (χ1) is 32.0. The fraction of sp³-hybridized carbons (Fsp3) is 0.898. The minimum Gasteiger partial charge on any atom is -0.466 e. The summed E-state index contributed by atoms with van der Waals surface area (Å²) in [7, 11) is 0. The Morgan fingerprint density at radius 2 is 0.723 bits per heavy atom. The van der Waals surface area contributed by atoms with Crippen molar-refractivity contribution in [2.24, 2.45) is 0 Å². The third-order valence-corrected chi connectivity index (χ3v) is 13.5. The zero-order valence-corrected chi connectivity index (χ0v) is 43.7. The highest BCUT2D eigenvalue weighted by atomic mass is 16.5. The molecule has 2 unspecified atom stereocenters. The molecule has 0 aromatic rings. The lowest BCUT2D eigenvalue weighted by atomic mass is 10.0. The maximum Gasteiger partial charge on any atom is 0.305 e. The Kier molecular flexibility index (Phi) is 53.5. The second-order valence-corrected chi connectivity index (χ2v) is 20.0. The smallest absolute Gasteiger partial charge is 0.305 e. The second kappa shape index (κ2) is 54.9. The van der Waals surface area contributed by atoms with Crippen molar-refractivity contribution < 1.29 is 24.5 Å². The summed E-state index contributed by atoms with van der Waals surface area (Å²) in [6.45, 7) is 4.93. The van der Waals surface area contributed by atoms with Crippen molar-refractivity contribution in [3.63, 3.8) is 0 Å². The van der Waals surface area contributed by atoms with Gasteiger partial charge in [0, 0.05) is 12.8 Å². The number of carbonyl (C=O) groups is 2. The molecule has 0 aromatic heterocycles. The number of aliphatic hydroxyl groups excluding tert-OH is 2. The van der Waals surface area contributed by atoms with Gasteiger partial charge in [-0.15, -0.1) is 0 Å². The number of aliphatic hydroxyl groups is 2. The number of ether oxygens (including phenoxy) is 1. The summed E-state index contributed by atoms with van der Waals surface area (Å²) >= 11 is 0. The molecule has 384 valence electrons. The largest absolute Gasteiger partial charge is 0.466 e. The van der Waals surface area contributed by atoms with E-state index in [1.54, 1.807) is 0 Å². The molecule has 0 rings (SSSR count). The number of carbonyl (C=O) groups excluding carboxylic acids is 2. The molecule has 6 nitrogen and oxygen atoms in total. The van der Waals surface area contributed by atoms with Gasteiger partial charge in [0.15, 0.2) is 0 Å². The first-order valence-corrected chi connectivity index (χ1v) is 29.1. The van der Waals surface area contributed by atoms with Crippen LogP contribution in [-0.2, 0) is 14.3 Å². The van der Waals surface area contributed by atoms with Crippen LogP contribution in [0.4, 0.5) is 0 Å². The van der Waals surface area contributed by atoms with Crippen LogP contribution < -0.4 is 5.32 Å². The normalized spacial score (nSPS) is 12.7. The van der Waals surface area contributed by atoms with Gasteiger partial charge in [-0.05, 0) is 77.0 Å². The van der Waals surface area contributed by atoms with Crippen LogP contribution >= 0.6 is 0 Å².